The van der Waals surface area contributed by atoms with Gasteiger partial charge in [-0.05, 0) is 62.5 Å². The van der Waals surface area contributed by atoms with Gasteiger partial charge in [-0.25, -0.2) is 13.1 Å². The molecule has 36 heavy (non-hydrogen) atoms. The molecular weight excluding hydrogens is 484 g/mol. The summed E-state index contributed by atoms with van der Waals surface area (Å²) in [5, 5.41) is 4.35. The lowest BCUT2D eigenvalue weighted by molar-refractivity contribution is 0.0972. The average Bonchev–Trinajstić information content (AvgIpc) is 3.24. The van der Waals surface area contributed by atoms with E-state index in [9.17, 15) is 18.0 Å². The van der Waals surface area contributed by atoms with E-state index in [4.69, 9.17) is 10.5 Å². The van der Waals surface area contributed by atoms with E-state index >= 15 is 0 Å². The number of methoxy groups -OCH3 is 1. The van der Waals surface area contributed by atoms with E-state index in [2.05, 4.69) is 9.50 Å². The lowest BCUT2D eigenvalue weighted by Crippen LogP contribution is -2.39. The monoisotopic (exact) mass is 510 g/mol. The molecule has 12 heteroatoms. The Morgan fingerprint density at radius 2 is 1.78 bits per heavy atom. The van der Waals surface area contributed by atoms with Crippen molar-refractivity contribution in [1.82, 2.24) is 14.7 Å². The van der Waals surface area contributed by atoms with Crippen molar-refractivity contribution >= 4 is 33.7 Å². The van der Waals surface area contributed by atoms with E-state index in [-0.39, 0.29) is 23.2 Å². The van der Waals surface area contributed by atoms with Gasteiger partial charge in [0.25, 0.3) is 21.8 Å². The maximum atomic E-state index is 13.6. The molecule has 1 aliphatic heterocycles. The zero-order chi connectivity index (χ0) is 26.0. The number of amides is 2. The Labute approximate surface area is 208 Å². The summed E-state index contributed by atoms with van der Waals surface area (Å²) in [7, 11) is 1.23. The Hall–Kier alpha value is -4.03. The number of anilines is 1. The number of ether oxygens (including phenoxy) is 1. The number of aromatic nitrogens is 2. The molecule has 2 amide bonds. The summed E-state index contributed by atoms with van der Waals surface area (Å²) < 4.78 is 34.3. The smallest absolute Gasteiger partial charge is 0.277 e. The van der Waals surface area contributed by atoms with Gasteiger partial charge in [-0.3, -0.25) is 14.5 Å². The van der Waals surface area contributed by atoms with Crippen molar-refractivity contribution in [2.24, 2.45) is 10.1 Å². The highest BCUT2D eigenvalue weighted by molar-refractivity contribution is 7.90. The van der Waals surface area contributed by atoms with E-state index in [0.717, 1.165) is 0 Å². The first kappa shape index (κ1) is 25.1. The Balaban J connectivity index is 1.64. The first-order valence-corrected chi connectivity index (χ1v) is 12.6. The number of sulfonamides is 1. The van der Waals surface area contributed by atoms with Crippen molar-refractivity contribution in [3.05, 3.63) is 71.0 Å². The maximum Gasteiger partial charge on any atom is 0.277 e. The molecule has 0 unspecified atom stereocenters. The summed E-state index contributed by atoms with van der Waals surface area (Å²) in [5.74, 6) is -0.586. The van der Waals surface area contributed by atoms with E-state index in [1.807, 2.05) is 0 Å². The summed E-state index contributed by atoms with van der Waals surface area (Å²) in [5.41, 5.74) is 8.16. The van der Waals surface area contributed by atoms with Crippen molar-refractivity contribution in [2.75, 3.05) is 38.5 Å². The van der Waals surface area contributed by atoms with Gasteiger partial charge in [-0.1, -0.05) is 12.1 Å². The normalized spacial score (nSPS) is 13.9. The van der Waals surface area contributed by atoms with Crippen molar-refractivity contribution in [2.45, 2.75) is 6.42 Å². The van der Waals surface area contributed by atoms with Crippen LogP contribution in [0.1, 0.15) is 32.1 Å². The lowest BCUT2D eigenvalue weighted by atomic mass is 10.0. The summed E-state index contributed by atoms with van der Waals surface area (Å²) in [6.45, 7) is 0.324. The molecule has 1 aliphatic rings. The molecule has 0 bridgehead atoms. The zero-order valence-electron chi connectivity index (χ0n) is 20.1. The van der Waals surface area contributed by atoms with Crippen molar-refractivity contribution in [3.8, 4) is 11.4 Å². The molecule has 11 nitrogen and oxygen atoms in total. The highest BCUT2D eigenvalue weighted by Gasteiger charge is 2.34. The van der Waals surface area contributed by atoms with E-state index in [1.165, 1.54) is 15.8 Å². The number of nitrogens with zero attached hydrogens (tertiary/aromatic N) is 5. The van der Waals surface area contributed by atoms with Gasteiger partial charge in [0, 0.05) is 24.0 Å². The molecule has 0 aliphatic carbocycles. The van der Waals surface area contributed by atoms with Crippen LogP contribution in [0.25, 0.3) is 5.69 Å². The standard InChI is InChI=1S/C24H26N6O5S/c1-28(2)15-36(33,34)26-14-16-4-6-17(7-5-16)29-13-12-20-21(23(25)31)27-30(22(20)24(29)32)18-8-10-19(35-3)11-9-18/h4-11,14H,12-13,15H2,1-3H3,(H2,25,31)/b26-14+. The van der Waals surface area contributed by atoms with Crippen LogP contribution in [0.5, 0.6) is 5.75 Å². The highest BCUT2D eigenvalue weighted by Crippen LogP contribution is 2.29. The van der Waals surface area contributed by atoms with E-state index in [0.29, 0.717) is 41.2 Å². The predicted molar refractivity (Wildman–Crippen MR) is 136 cm³/mol. The third-order valence-corrected chi connectivity index (χ3v) is 6.82. The fraction of sp³-hybridized carbons (Fsp3) is 0.250. The van der Waals surface area contributed by atoms with Crippen molar-refractivity contribution in [3.63, 3.8) is 0 Å². The number of carbonyl (C=O) groups is 2. The molecule has 2 heterocycles. The van der Waals surface area contributed by atoms with Gasteiger partial charge in [0.2, 0.25) is 0 Å². The third kappa shape index (κ3) is 5.14. The Kier molecular flexibility index (Phi) is 6.91. The largest absolute Gasteiger partial charge is 0.497 e. The third-order valence-electron chi connectivity index (χ3n) is 5.56. The fourth-order valence-corrected chi connectivity index (χ4v) is 4.96. The van der Waals surface area contributed by atoms with Crippen molar-refractivity contribution < 1.29 is 22.7 Å². The Bertz CT molecular complexity index is 1430. The number of primary amides is 1. The molecule has 0 saturated heterocycles. The second-order valence-corrected chi connectivity index (χ2v) is 10.1. The molecule has 1 aromatic heterocycles. The molecule has 4 rings (SSSR count). The molecule has 0 saturated carbocycles. The van der Waals surface area contributed by atoms with Crippen LogP contribution < -0.4 is 15.4 Å². The van der Waals surface area contributed by atoms with Crippen LogP contribution in [-0.4, -0.2) is 74.8 Å². The van der Waals surface area contributed by atoms with Crippen LogP contribution in [0.3, 0.4) is 0 Å². The SMILES string of the molecule is COc1ccc(-n2nc(C(N)=O)c3c2C(=O)N(c2ccc(/C=N/S(=O)(=O)CN(C)C)cc2)CC3)cc1. The molecule has 3 aromatic rings. The van der Waals surface area contributed by atoms with Crippen LogP contribution in [0.2, 0.25) is 0 Å². The lowest BCUT2D eigenvalue weighted by Gasteiger charge is -2.27. The quantitative estimate of drug-likeness (QED) is 0.452. The summed E-state index contributed by atoms with van der Waals surface area (Å²) in [6.07, 6.45) is 1.66. The van der Waals surface area contributed by atoms with Gasteiger partial charge >= 0.3 is 0 Å². The van der Waals surface area contributed by atoms with Crippen LogP contribution in [0.15, 0.2) is 52.9 Å². The predicted octanol–water partition coefficient (Wildman–Crippen LogP) is 1.45. The second-order valence-electron chi connectivity index (χ2n) is 8.47. The van der Waals surface area contributed by atoms with E-state index < -0.39 is 15.9 Å². The molecule has 0 radical (unpaired) electrons. The van der Waals surface area contributed by atoms with Crippen LogP contribution in [0, 0.1) is 0 Å². The first-order chi connectivity index (χ1) is 17.1. The zero-order valence-corrected chi connectivity index (χ0v) is 20.9. The van der Waals surface area contributed by atoms with Gasteiger partial charge in [0.05, 0.1) is 12.8 Å². The fourth-order valence-electron chi connectivity index (χ4n) is 3.96. The molecule has 188 valence electrons. The van der Waals surface area contributed by atoms with Gasteiger partial charge in [-0.2, -0.15) is 9.50 Å². The number of hydrogen-bond donors (Lipinski definition) is 1. The van der Waals surface area contributed by atoms with Gasteiger partial charge in [-0.15, -0.1) is 0 Å². The molecule has 2 aromatic carbocycles. The number of nitrogens with two attached hydrogens (primary N) is 1. The minimum absolute atomic E-state index is 0.0688. The number of carbonyl (C=O) groups excluding carboxylic acids is 2. The molecule has 2 N–H and O–H groups in total. The minimum Gasteiger partial charge on any atom is -0.497 e. The molecule has 0 fully saturated rings. The minimum atomic E-state index is -3.62. The van der Waals surface area contributed by atoms with Crippen molar-refractivity contribution in [1.29, 1.82) is 0 Å². The first-order valence-electron chi connectivity index (χ1n) is 11.0. The highest BCUT2D eigenvalue weighted by atomic mass is 32.2. The number of benzene rings is 2. The Morgan fingerprint density at radius 1 is 1.14 bits per heavy atom. The van der Waals surface area contributed by atoms with Gasteiger partial charge in [0.15, 0.2) is 5.69 Å². The topological polar surface area (TPSA) is 140 Å². The number of hydrogen-bond acceptors (Lipinski definition) is 7. The number of rotatable bonds is 8. The second kappa shape index (κ2) is 9.91. The average molecular weight is 511 g/mol. The molecular formula is C24H26N6O5S. The van der Waals surface area contributed by atoms with Gasteiger partial charge in [0.1, 0.15) is 17.3 Å². The summed E-state index contributed by atoms with van der Waals surface area (Å²) in [6, 6.07) is 13.7. The molecule has 0 spiro atoms. The van der Waals surface area contributed by atoms with E-state index in [1.54, 1.807) is 74.6 Å². The summed E-state index contributed by atoms with van der Waals surface area (Å²) in [4.78, 5) is 28.7. The van der Waals surface area contributed by atoms with Crippen LogP contribution in [0.4, 0.5) is 5.69 Å². The summed E-state index contributed by atoms with van der Waals surface area (Å²) >= 11 is 0. The van der Waals surface area contributed by atoms with Gasteiger partial charge < -0.3 is 15.4 Å². The van der Waals surface area contributed by atoms with Crippen LogP contribution in [-0.2, 0) is 16.4 Å². The number of fused-ring (bicyclic) bond motifs is 1. The van der Waals surface area contributed by atoms with Crippen LogP contribution >= 0.6 is 0 Å². The molecule has 0 atom stereocenters. The maximum absolute atomic E-state index is 13.6. The Morgan fingerprint density at radius 3 is 2.36 bits per heavy atom.